The summed E-state index contributed by atoms with van der Waals surface area (Å²) < 4.78 is 4.14. The zero-order chi connectivity index (χ0) is 12.3. The van der Waals surface area contributed by atoms with Crippen molar-refractivity contribution in [2.45, 2.75) is 13.3 Å². The number of nitrogens with one attached hydrogen (secondary N) is 1. The molecule has 0 spiro atoms. The third-order valence-corrected chi connectivity index (χ3v) is 2.81. The quantitative estimate of drug-likeness (QED) is 0.870. The number of aryl methyl sites for hydroxylation is 1. The summed E-state index contributed by atoms with van der Waals surface area (Å²) >= 11 is 1.26. The van der Waals surface area contributed by atoms with Crippen LogP contribution in [0.5, 0.6) is 0 Å². The third kappa shape index (κ3) is 2.79. The van der Waals surface area contributed by atoms with Crippen LogP contribution in [0.25, 0.3) is 0 Å². The fourth-order valence-electron chi connectivity index (χ4n) is 1.30. The predicted molar refractivity (Wildman–Crippen MR) is 66.0 cm³/mol. The van der Waals surface area contributed by atoms with Gasteiger partial charge < -0.3 is 10.4 Å². The Hall–Kier alpha value is -1.95. The highest BCUT2D eigenvalue weighted by atomic mass is 32.1. The maximum atomic E-state index is 10.8. The molecule has 0 bridgehead atoms. The highest BCUT2D eigenvalue weighted by Gasteiger charge is 2.05. The minimum atomic E-state index is -0.944. The van der Waals surface area contributed by atoms with Crippen molar-refractivity contribution in [3.8, 4) is 0 Å². The second-order valence-electron chi connectivity index (χ2n) is 3.38. The second-order valence-corrected chi connectivity index (χ2v) is 4.13. The van der Waals surface area contributed by atoms with E-state index in [0.717, 1.165) is 12.2 Å². The van der Waals surface area contributed by atoms with E-state index in [1.54, 1.807) is 24.3 Å². The number of benzene rings is 1. The molecule has 2 rings (SSSR count). The van der Waals surface area contributed by atoms with Gasteiger partial charge in [0.1, 0.15) is 5.82 Å². The van der Waals surface area contributed by atoms with Gasteiger partial charge in [0.05, 0.1) is 5.56 Å². The lowest BCUT2D eigenvalue weighted by atomic mass is 10.2. The van der Waals surface area contributed by atoms with E-state index in [0.29, 0.717) is 10.8 Å². The molecule has 0 aliphatic carbocycles. The van der Waals surface area contributed by atoms with Crippen molar-refractivity contribution < 1.29 is 9.90 Å². The molecule has 6 heteroatoms. The van der Waals surface area contributed by atoms with E-state index in [1.165, 1.54) is 11.5 Å². The first-order chi connectivity index (χ1) is 8.19. The lowest BCUT2D eigenvalue weighted by molar-refractivity contribution is 0.0697. The van der Waals surface area contributed by atoms with E-state index in [9.17, 15) is 4.79 Å². The highest BCUT2D eigenvalue weighted by Crippen LogP contribution is 2.19. The zero-order valence-corrected chi connectivity index (χ0v) is 9.99. The van der Waals surface area contributed by atoms with Crippen molar-refractivity contribution >= 4 is 28.3 Å². The minimum Gasteiger partial charge on any atom is -0.478 e. The van der Waals surface area contributed by atoms with Gasteiger partial charge in [0.15, 0.2) is 0 Å². The molecule has 0 saturated carbocycles. The molecule has 0 fully saturated rings. The summed E-state index contributed by atoms with van der Waals surface area (Å²) in [7, 11) is 0. The molecule has 0 saturated heterocycles. The molecule has 1 heterocycles. The number of carboxylic acids is 1. The molecule has 1 aromatic carbocycles. The lowest BCUT2D eigenvalue weighted by Gasteiger charge is -2.02. The number of aromatic nitrogens is 2. The van der Waals surface area contributed by atoms with Crippen molar-refractivity contribution in [2.24, 2.45) is 0 Å². The summed E-state index contributed by atoms with van der Waals surface area (Å²) in [4.78, 5) is 15.1. The number of anilines is 2. The monoisotopic (exact) mass is 249 g/mol. The fourth-order valence-corrected chi connectivity index (χ4v) is 1.97. The summed E-state index contributed by atoms with van der Waals surface area (Å²) in [5, 5.41) is 12.6. The van der Waals surface area contributed by atoms with Crippen LogP contribution in [0.15, 0.2) is 24.3 Å². The number of hydrogen-bond acceptors (Lipinski definition) is 5. The molecule has 0 amide bonds. The average molecular weight is 249 g/mol. The highest BCUT2D eigenvalue weighted by molar-refractivity contribution is 7.09. The first-order valence-corrected chi connectivity index (χ1v) is 5.89. The molecule has 17 heavy (non-hydrogen) atoms. The number of rotatable bonds is 4. The van der Waals surface area contributed by atoms with E-state index >= 15 is 0 Å². The largest absolute Gasteiger partial charge is 0.478 e. The topological polar surface area (TPSA) is 75.1 Å². The van der Waals surface area contributed by atoms with Crippen LogP contribution >= 0.6 is 11.5 Å². The fraction of sp³-hybridized carbons (Fsp3) is 0.182. The van der Waals surface area contributed by atoms with Crippen molar-refractivity contribution in [2.75, 3.05) is 5.32 Å². The van der Waals surface area contributed by atoms with Crippen molar-refractivity contribution in [3.63, 3.8) is 0 Å². The Morgan fingerprint density at radius 3 is 3.00 bits per heavy atom. The molecule has 0 aliphatic rings. The maximum absolute atomic E-state index is 10.8. The Morgan fingerprint density at radius 1 is 1.53 bits per heavy atom. The van der Waals surface area contributed by atoms with E-state index in [4.69, 9.17) is 5.11 Å². The summed E-state index contributed by atoms with van der Waals surface area (Å²) in [6.45, 7) is 1.98. The van der Waals surface area contributed by atoms with E-state index in [2.05, 4.69) is 14.7 Å². The van der Waals surface area contributed by atoms with E-state index in [1.807, 2.05) is 6.92 Å². The van der Waals surface area contributed by atoms with Gasteiger partial charge in [0.25, 0.3) is 0 Å². The van der Waals surface area contributed by atoms with Gasteiger partial charge in [-0.05, 0) is 18.2 Å². The molecule has 1 aromatic heterocycles. The van der Waals surface area contributed by atoms with Crippen LogP contribution in [0.4, 0.5) is 10.8 Å². The second kappa shape index (κ2) is 4.92. The molecule has 0 unspecified atom stereocenters. The summed E-state index contributed by atoms with van der Waals surface area (Å²) in [6.07, 6.45) is 0.785. The number of carbonyl (C=O) groups is 1. The normalized spacial score (nSPS) is 10.2. The van der Waals surface area contributed by atoms with Crippen LogP contribution in [-0.4, -0.2) is 20.4 Å². The van der Waals surface area contributed by atoms with E-state index in [-0.39, 0.29) is 5.56 Å². The van der Waals surface area contributed by atoms with Gasteiger partial charge in [0.2, 0.25) is 5.13 Å². The molecule has 2 aromatic rings. The Bertz CT molecular complexity index is 539. The molecular formula is C11H11N3O2S. The summed E-state index contributed by atoms with van der Waals surface area (Å²) in [5.41, 5.74) is 0.943. The van der Waals surface area contributed by atoms with Gasteiger partial charge in [-0.25, -0.2) is 9.78 Å². The standard InChI is InChI=1S/C11H11N3O2S/c1-2-9-13-11(17-14-9)12-8-5-3-4-7(6-8)10(15)16/h3-6H,2H2,1H3,(H,15,16)(H,12,13,14). The maximum Gasteiger partial charge on any atom is 0.335 e. The molecular weight excluding hydrogens is 238 g/mol. The van der Waals surface area contributed by atoms with Gasteiger partial charge in [-0.3, -0.25) is 0 Å². The number of hydrogen-bond donors (Lipinski definition) is 2. The zero-order valence-electron chi connectivity index (χ0n) is 9.17. The molecule has 2 N–H and O–H groups in total. The van der Waals surface area contributed by atoms with Crippen LogP contribution in [-0.2, 0) is 6.42 Å². The SMILES string of the molecule is CCc1nsc(Nc2cccc(C(=O)O)c2)n1. The first-order valence-electron chi connectivity index (χ1n) is 5.12. The van der Waals surface area contributed by atoms with Crippen molar-refractivity contribution in [3.05, 3.63) is 35.7 Å². The average Bonchev–Trinajstić information content (AvgIpc) is 2.77. The molecule has 0 aliphatic heterocycles. The van der Waals surface area contributed by atoms with Crippen LogP contribution in [0.1, 0.15) is 23.1 Å². The number of carboxylic acid groups (broad SMARTS) is 1. The van der Waals surface area contributed by atoms with Crippen LogP contribution in [0.2, 0.25) is 0 Å². The molecule has 0 atom stereocenters. The van der Waals surface area contributed by atoms with Gasteiger partial charge in [-0.1, -0.05) is 13.0 Å². The molecule has 0 radical (unpaired) electrons. The van der Waals surface area contributed by atoms with Crippen molar-refractivity contribution in [1.29, 1.82) is 0 Å². The van der Waals surface area contributed by atoms with E-state index < -0.39 is 5.97 Å². The number of aromatic carboxylic acids is 1. The smallest absolute Gasteiger partial charge is 0.335 e. The Kier molecular flexibility index (Phi) is 3.34. The predicted octanol–water partition coefficient (Wildman–Crippen LogP) is 2.54. The van der Waals surface area contributed by atoms with Gasteiger partial charge in [-0.2, -0.15) is 4.37 Å². The van der Waals surface area contributed by atoms with Gasteiger partial charge >= 0.3 is 5.97 Å². The molecule has 5 nitrogen and oxygen atoms in total. The Balaban J connectivity index is 2.18. The van der Waals surface area contributed by atoms with Crippen molar-refractivity contribution in [1.82, 2.24) is 9.36 Å². The van der Waals surface area contributed by atoms with Gasteiger partial charge in [-0.15, -0.1) is 0 Å². The van der Waals surface area contributed by atoms with Crippen LogP contribution in [0, 0.1) is 0 Å². The number of nitrogens with zero attached hydrogens (tertiary/aromatic N) is 2. The summed E-state index contributed by atoms with van der Waals surface area (Å²) in [6, 6.07) is 6.59. The summed E-state index contributed by atoms with van der Waals surface area (Å²) in [5.74, 6) is -0.160. The Morgan fingerprint density at radius 2 is 2.35 bits per heavy atom. The lowest BCUT2D eigenvalue weighted by Crippen LogP contribution is -1.97. The molecule has 88 valence electrons. The Labute approximate surface area is 102 Å². The van der Waals surface area contributed by atoms with Crippen LogP contribution < -0.4 is 5.32 Å². The van der Waals surface area contributed by atoms with Gasteiger partial charge in [0, 0.05) is 23.6 Å². The third-order valence-electron chi connectivity index (χ3n) is 2.15. The minimum absolute atomic E-state index is 0.246. The van der Waals surface area contributed by atoms with Crippen LogP contribution in [0.3, 0.4) is 0 Å². The first kappa shape index (κ1) is 11.5.